The number of ether oxygens (including phenoxy) is 1. The molecule has 4 nitrogen and oxygen atoms in total. The predicted molar refractivity (Wildman–Crippen MR) is 88.4 cm³/mol. The number of amides is 1. The summed E-state index contributed by atoms with van der Waals surface area (Å²) in [5, 5.41) is 1.83. The first-order chi connectivity index (χ1) is 12.8. The average molecular weight is 386 g/mol. The molecule has 1 aliphatic rings. The number of morpholine rings is 1. The van der Waals surface area contributed by atoms with Crippen molar-refractivity contribution in [1.82, 2.24) is 0 Å². The van der Waals surface area contributed by atoms with E-state index < -0.39 is 40.7 Å². The van der Waals surface area contributed by atoms with Crippen LogP contribution in [-0.2, 0) is 4.74 Å². The molecule has 27 heavy (non-hydrogen) atoms. The van der Waals surface area contributed by atoms with Crippen molar-refractivity contribution in [1.29, 1.82) is 0 Å². The molecule has 2 aromatic rings. The van der Waals surface area contributed by atoms with Gasteiger partial charge in [0.2, 0.25) is 5.82 Å². The molecule has 3 rings (SSSR count). The highest BCUT2D eigenvalue weighted by atomic mass is 19.2. The van der Waals surface area contributed by atoms with Gasteiger partial charge >= 0.3 is 0 Å². The quantitative estimate of drug-likeness (QED) is 0.496. The Morgan fingerprint density at radius 2 is 1.52 bits per heavy atom. The van der Waals surface area contributed by atoms with E-state index in [4.69, 9.17) is 4.74 Å². The van der Waals surface area contributed by atoms with Crippen LogP contribution in [0.15, 0.2) is 18.2 Å². The topological polar surface area (TPSA) is 41.6 Å². The van der Waals surface area contributed by atoms with E-state index in [1.807, 2.05) is 10.2 Å². The minimum absolute atomic E-state index is 0.0864. The van der Waals surface area contributed by atoms with Crippen molar-refractivity contribution < 1.29 is 31.5 Å². The highest BCUT2D eigenvalue weighted by Gasteiger charge is 2.28. The molecule has 1 N–H and O–H groups in total. The highest BCUT2D eigenvalue weighted by Crippen LogP contribution is 2.30. The second-order valence-electron chi connectivity index (χ2n) is 5.97. The minimum Gasteiger partial charge on any atom is -0.378 e. The van der Waals surface area contributed by atoms with E-state index in [2.05, 4.69) is 0 Å². The van der Waals surface area contributed by atoms with Gasteiger partial charge in [-0.25, -0.2) is 22.0 Å². The number of benzene rings is 2. The third-order valence-corrected chi connectivity index (χ3v) is 4.28. The largest absolute Gasteiger partial charge is 0.378 e. The van der Waals surface area contributed by atoms with Gasteiger partial charge in [-0.15, -0.1) is 0 Å². The molecule has 2 aromatic carbocycles. The van der Waals surface area contributed by atoms with Crippen molar-refractivity contribution in [2.45, 2.75) is 6.92 Å². The first kappa shape index (κ1) is 19.1. The molecule has 0 aromatic heterocycles. The normalized spacial score (nSPS) is 14.4. The van der Waals surface area contributed by atoms with E-state index >= 15 is 0 Å². The molecule has 1 saturated heterocycles. The smallest absolute Gasteiger partial charge is 0.258 e. The zero-order chi connectivity index (χ0) is 19.7. The van der Waals surface area contributed by atoms with Gasteiger partial charge in [-0.3, -0.25) is 4.79 Å². The summed E-state index contributed by atoms with van der Waals surface area (Å²) in [4.78, 5) is 14.5. The maximum absolute atomic E-state index is 13.9. The van der Waals surface area contributed by atoms with Gasteiger partial charge in [-0.2, -0.15) is 0 Å². The number of hydrogen-bond donors (Lipinski definition) is 1. The summed E-state index contributed by atoms with van der Waals surface area (Å²) in [5.74, 6) is -11.7. The second kappa shape index (κ2) is 7.51. The Balaban J connectivity index is 2.01. The Morgan fingerprint density at radius 1 is 0.963 bits per heavy atom. The number of carbonyl (C=O) groups excluding carboxylic acids is 1. The lowest BCUT2D eigenvalue weighted by Gasteiger charge is -2.31. The van der Waals surface area contributed by atoms with Crippen molar-refractivity contribution in [3.05, 3.63) is 58.4 Å². The molecular formula is C18H15F5N2O2. The number of nitrogens with zero attached hydrogens (tertiary/aromatic N) is 1. The Hall–Kier alpha value is -2.68. The number of carbonyl (C=O) groups is 1. The lowest BCUT2D eigenvalue weighted by Crippen LogP contribution is -2.37. The van der Waals surface area contributed by atoms with Crippen molar-refractivity contribution in [2.75, 3.05) is 36.5 Å². The molecule has 0 aliphatic carbocycles. The van der Waals surface area contributed by atoms with Gasteiger partial charge in [-0.1, -0.05) is 12.1 Å². The number of nitrogens with one attached hydrogen (secondary N) is 1. The van der Waals surface area contributed by atoms with Gasteiger partial charge in [0.15, 0.2) is 23.3 Å². The SMILES string of the molecule is Cc1cccc(N2CCOCC2)c1C(=O)Nc1c(F)c(F)c(F)c(F)c1F. The molecule has 0 bridgehead atoms. The first-order valence-electron chi connectivity index (χ1n) is 8.08. The summed E-state index contributed by atoms with van der Waals surface area (Å²) in [6.45, 7) is 3.47. The summed E-state index contributed by atoms with van der Waals surface area (Å²) in [5.41, 5.74) is -0.323. The lowest BCUT2D eigenvalue weighted by molar-refractivity contribution is 0.102. The zero-order valence-corrected chi connectivity index (χ0v) is 14.2. The number of hydrogen-bond acceptors (Lipinski definition) is 3. The van der Waals surface area contributed by atoms with E-state index in [-0.39, 0.29) is 5.56 Å². The number of anilines is 2. The average Bonchev–Trinajstić information content (AvgIpc) is 2.68. The van der Waals surface area contributed by atoms with Crippen LogP contribution in [0.3, 0.4) is 0 Å². The van der Waals surface area contributed by atoms with Crippen LogP contribution in [0, 0.1) is 36.0 Å². The Bertz CT molecular complexity index is 869. The Kier molecular flexibility index (Phi) is 5.31. The minimum atomic E-state index is -2.28. The van der Waals surface area contributed by atoms with Crippen LogP contribution >= 0.6 is 0 Å². The molecule has 144 valence electrons. The maximum Gasteiger partial charge on any atom is 0.258 e. The first-order valence-corrected chi connectivity index (χ1v) is 8.08. The number of halogens is 5. The van der Waals surface area contributed by atoms with E-state index in [0.717, 1.165) is 0 Å². The van der Waals surface area contributed by atoms with E-state index in [1.54, 1.807) is 25.1 Å². The standard InChI is InChI=1S/C18H15F5N2O2/c1-9-3-2-4-10(25-5-7-27-8-6-25)11(9)18(26)24-17-15(22)13(20)12(19)14(21)16(17)23/h2-4H,5-8H2,1H3,(H,24,26). The summed E-state index contributed by atoms with van der Waals surface area (Å²) < 4.78 is 72.9. The van der Waals surface area contributed by atoms with Gasteiger partial charge in [0.25, 0.3) is 5.91 Å². The summed E-state index contributed by atoms with van der Waals surface area (Å²) >= 11 is 0. The van der Waals surface area contributed by atoms with Crippen LogP contribution < -0.4 is 10.2 Å². The summed E-state index contributed by atoms with van der Waals surface area (Å²) in [6.07, 6.45) is 0. The van der Waals surface area contributed by atoms with E-state index in [0.29, 0.717) is 37.6 Å². The van der Waals surface area contributed by atoms with Gasteiger partial charge in [0, 0.05) is 18.8 Å². The molecule has 0 radical (unpaired) electrons. The molecule has 0 saturated carbocycles. The van der Waals surface area contributed by atoms with Crippen LogP contribution in [0.5, 0.6) is 0 Å². The monoisotopic (exact) mass is 386 g/mol. The van der Waals surface area contributed by atoms with Gasteiger partial charge in [0.1, 0.15) is 5.69 Å². The van der Waals surface area contributed by atoms with Gasteiger partial charge < -0.3 is 15.0 Å². The zero-order valence-electron chi connectivity index (χ0n) is 14.2. The molecule has 1 fully saturated rings. The molecule has 0 atom stereocenters. The van der Waals surface area contributed by atoms with E-state index in [9.17, 15) is 26.7 Å². The third-order valence-electron chi connectivity index (χ3n) is 4.28. The molecule has 1 heterocycles. The van der Waals surface area contributed by atoms with Crippen LogP contribution in [0.1, 0.15) is 15.9 Å². The van der Waals surface area contributed by atoms with Crippen molar-refractivity contribution in [2.24, 2.45) is 0 Å². The van der Waals surface area contributed by atoms with Crippen LogP contribution in [0.2, 0.25) is 0 Å². The fourth-order valence-electron chi connectivity index (χ4n) is 2.91. The van der Waals surface area contributed by atoms with Crippen molar-refractivity contribution >= 4 is 17.3 Å². The Labute approximate surface area is 151 Å². The fourth-order valence-corrected chi connectivity index (χ4v) is 2.91. The van der Waals surface area contributed by atoms with Gasteiger partial charge in [-0.05, 0) is 18.6 Å². The molecule has 1 amide bonds. The predicted octanol–water partition coefficient (Wildman–Crippen LogP) is 3.78. The van der Waals surface area contributed by atoms with Crippen LogP contribution in [0.25, 0.3) is 0 Å². The number of aryl methyl sites for hydroxylation is 1. The van der Waals surface area contributed by atoms with Crippen LogP contribution in [-0.4, -0.2) is 32.2 Å². The molecule has 0 spiro atoms. The van der Waals surface area contributed by atoms with Crippen molar-refractivity contribution in [3.63, 3.8) is 0 Å². The van der Waals surface area contributed by atoms with E-state index in [1.165, 1.54) is 0 Å². The van der Waals surface area contributed by atoms with Crippen LogP contribution in [0.4, 0.5) is 33.3 Å². The second-order valence-corrected chi connectivity index (χ2v) is 5.97. The summed E-state index contributed by atoms with van der Waals surface area (Å²) in [7, 11) is 0. The third kappa shape index (κ3) is 3.46. The molecule has 1 aliphatic heterocycles. The molecule has 0 unspecified atom stereocenters. The Morgan fingerprint density at radius 3 is 2.11 bits per heavy atom. The molecular weight excluding hydrogens is 371 g/mol. The fraction of sp³-hybridized carbons (Fsp3) is 0.278. The maximum atomic E-state index is 13.9. The van der Waals surface area contributed by atoms with Gasteiger partial charge in [0.05, 0.1) is 18.8 Å². The lowest BCUT2D eigenvalue weighted by atomic mass is 10.0. The highest BCUT2D eigenvalue weighted by molar-refractivity contribution is 6.09. The number of rotatable bonds is 3. The molecule has 9 heteroatoms. The summed E-state index contributed by atoms with van der Waals surface area (Å²) in [6, 6.07) is 4.96. The van der Waals surface area contributed by atoms with Crippen molar-refractivity contribution in [3.8, 4) is 0 Å².